The molecule has 1 saturated carbocycles. The summed E-state index contributed by atoms with van der Waals surface area (Å²) < 4.78 is 5.56. The molecule has 30 heavy (non-hydrogen) atoms. The molecule has 2 aromatic heterocycles. The highest BCUT2D eigenvalue weighted by Gasteiger charge is 2.14. The molecule has 0 radical (unpaired) electrons. The number of ether oxygens (including phenoxy) is 1. The molecule has 2 aromatic carbocycles. The minimum Gasteiger partial charge on any atom is -0.438 e. The highest BCUT2D eigenvalue weighted by Crippen LogP contribution is 2.20. The van der Waals surface area contributed by atoms with Crippen molar-refractivity contribution >= 4 is 16.8 Å². The summed E-state index contributed by atoms with van der Waals surface area (Å²) in [7, 11) is 0. The number of hydrogen-bond donors (Lipinski definition) is 1. The quantitative estimate of drug-likeness (QED) is 0.443. The van der Waals surface area contributed by atoms with E-state index in [1.807, 2.05) is 24.3 Å². The summed E-state index contributed by atoms with van der Waals surface area (Å²) >= 11 is 0. The van der Waals surface area contributed by atoms with Gasteiger partial charge in [0.1, 0.15) is 5.75 Å². The SMILES string of the molecule is C1CCCCC1.O=C(c1ccc(Oc2cnccn2)cc1)c1nc2ccccc2[nH]1. The van der Waals surface area contributed by atoms with E-state index in [1.54, 1.807) is 36.7 Å². The third kappa shape index (κ3) is 5.08. The lowest BCUT2D eigenvalue weighted by molar-refractivity contribution is 0.103. The highest BCUT2D eigenvalue weighted by atomic mass is 16.5. The molecular formula is C24H24N4O2. The number of aromatic nitrogens is 4. The summed E-state index contributed by atoms with van der Waals surface area (Å²) in [6.07, 6.45) is 13.6. The Morgan fingerprint density at radius 1 is 0.867 bits per heavy atom. The van der Waals surface area contributed by atoms with Gasteiger partial charge in [-0.1, -0.05) is 50.7 Å². The molecule has 152 valence electrons. The first-order valence-electron chi connectivity index (χ1n) is 10.3. The lowest BCUT2D eigenvalue weighted by Crippen LogP contribution is -2.03. The van der Waals surface area contributed by atoms with Crippen molar-refractivity contribution in [3.63, 3.8) is 0 Å². The van der Waals surface area contributed by atoms with Crippen LogP contribution in [0.15, 0.2) is 67.1 Å². The van der Waals surface area contributed by atoms with E-state index in [1.165, 1.54) is 44.7 Å². The maximum absolute atomic E-state index is 12.5. The maximum Gasteiger partial charge on any atom is 0.237 e. The number of nitrogens with zero attached hydrogens (tertiary/aromatic N) is 3. The lowest BCUT2D eigenvalue weighted by atomic mass is 10.0. The molecule has 0 spiro atoms. The predicted octanol–water partition coefficient (Wildman–Crippen LogP) is 5.72. The van der Waals surface area contributed by atoms with Gasteiger partial charge in [0.25, 0.3) is 0 Å². The van der Waals surface area contributed by atoms with E-state index in [-0.39, 0.29) is 5.78 Å². The standard InChI is InChI=1S/C18H12N4O2.C6H12/c23-17(18-21-14-3-1-2-4-15(14)22-18)12-5-7-13(8-6-12)24-16-11-19-9-10-20-16;1-2-4-6-5-3-1/h1-11H,(H,21,22);1-6H2. The van der Waals surface area contributed by atoms with Gasteiger partial charge in [-0.3, -0.25) is 9.78 Å². The monoisotopic (exact) mass is 400 g/mol. The molecule has 0 atom stereocenters. The number of H-pyrrole nitrogens is 1. The third-order valence-corrected chi connectivity index (χ3v) is 4.98. The summed E-state index contributed by atoms with van der Waals surface area (Å²) in [6.45, 7) is 0. The molecule has 1 N–H and O–H groups in total. The van der Waals surface area contributed by atoms with Crippen LogP contribution < -0.4 is 4.74 Å². The summed E-state index contributed by atoms with van der Waals surface area (Å²) in [6, 6.07) is 14.3. The summed E-state index contributed by atoms with van der Waals surface area (Å²) in [5.41, 5.74) is 2.13. The Morgan fingerprint density at radius 3 is 2.20 bits per heavy atom. The van der Waals surface area contributed by atoms with E-state index < -0.39 is 0 Å². The van der Waals surface area contributed by atoms with Gasteiger partial charge in [0.15, 0.2) is 5.82 Å². The zero-order valence-electron chi connectivity index (χ0n) is 16.8. The van der Waals surface area contributed by atoms with Crippen LogP contribution in [0.3, 0.4) is 0 Å². The van der Waals surface area contributed by atoms with Crippen molar-refractivity contribution in [2.24, 2.45) is 0 Å². The van der Waals surface area contributed by atoms with Crippen LogP contribution in [0.2, 0.25) is 0 Å². The molecule has 1 aliphatic carbocycles. The molecule has 6 heteroatoms. The molecule has 0 aliphatic heterocycles. The smallest absolute Gasteiger partial charge is 0.237 e. The second-order valence-electron chi connectivity index (χ2n) is 7.22. The number of fused-ring (bicyclic) bond motifs is 1. The Balaban J connectivity index is 0.000000313. The fourth-order valence-electron chi connectivity index (χ4n) is 3.39. The van der Waals surface area contributed by atoms with Crippen LogP contribution in [0.1, 0.15) is 54.7 Å². The number of aromatic amines is 1. The van der Waals surface area contributed by atoms with Crippen molar-refractivity contribution < 1.29 is 9.53 Å². The molecule has 1 aliphatic rings. The van der Waals surface area contributed by atoms with Crippen molar-refractivity contribution in [2.75, 3.05) is 0 Å². The molecule has 6 nitrogen and oxygen atoms in total. The van der Waals surface area contributed by atoms with Gasteiger partial charge < -0.3 is 9.72 Å². The fraction of sp³-hybridized carbons (Fsp3) is 0.250. The van der Waals surface area contributed by atoms with Gasteiger partial charge in [-0.15, -0.1) is 0 Å². The molecular weight excluding hydrogens is 376 g/mol. The highest BCUT2D eigenvalue weighted by molar-refractivity contribution is 6.08. The summed E-state index contributed by atoms with van der Waals surface area (Å²) in [5.74, 6) is 1.13. The average molecular weight is 400 g/mol. The van der Waals surface area contributed by atoms with Crippen molar-refractivity contribution in [1.29, 1.82) is 0 Å². The molecule has 0 unspecified atom stereocenters. The van der Waals surface area contributed by atoms with Gasteiger partial charge in [-0.2, -0.15) is 0 Å². The Bertz CT molecular complexity index is 1040. The summed E-state index contributed by atoms with van der Waals surface area (Å²) in [4.78, 5) is 27.9. The number of hydrogen-bond acceptors (Lipinski definition) is 5. The van der Waals surface area contributed by atoms with Gasteiger partial charge in [-0.05, 0) is 36.4 Å². The molecule has 2 heterocycles. The van der Waals surface area contributed by atoms with E-state index >= 15 is 0 Å². The van der Waals surface area contributed by atoms with E-state index in [0.29, 0.717) is 23.0 Å². The van der Waals surface area contributed by atoms with Crippen LogP contribution in [0.25, 0.3) is 11.0 Å². The Morgan fingerprint density at radius 2 is 1.57 bits per heavy atom. The minimum atomic E-state index is -0.169. The first-order chi connectivity index (χ1) is 14.8. The van der Waals surface area contributed by atoms with Crippen LogP contribution in [-0.4, -0.2) is 25.7 Å². The number of imidazole rings is 1. The number of benzene rings is 2. The van der Waals surface area contributed by atoms with Gasteiger partial charge in [0, 0.05) is 18.0 Å². The molecule has 4 aromatic rings. The average Bonchev–Trinajstić information content (AvgIpc) is 3.26. The van der Waals surface area contributed by atoms with Crippen molar-refractivity contribution in [3.8, 4) is 11.6 Å². The zero-order valence-corrected chi connectivity index (χ0v) is 16.8. The minimum absolute atomic E-state index is 0.169. The number of para-hydroxylation sites is 2. The molecule has 5 rings (SSSR count). The predicted molar refractivity (Wildman–Crippen MR) is 116 cm³/mol. The van der Waals surface area contributed by atoms with Gasteiger partial charge in [-0.25, -0.2) is 9.97 Å². The zero-order chi connectivity index (χ0) is 20.6. The van der Waals surface area contributed by atoms with Gasteiger partial charge >= 0.3 is 0 Å². The van der Waals surface area contributed by atoms with E-state index in [9.17, 15) is 4.79 Å². The Kier molecular flexibility index (Phi) is 6.44. The fourth-order valence-corrected chi connectivity index (χ4v) is 3.39. The molecule has 0 saturated heterocycles. The second kappa shape index (κ2) is 9.78. The Hall–Kier alpha value is -3.54. The Labute approximate surface area is 175 Å². The first kappa shape index (κ1) is 19.8. The summed E-state index contributed by atoms with van der Waals surface area (Å²) in [5, 5.41) is 0. The van der Waals surface area contributed by atoms with Gasteiger partial charge in [0.05, 0.1) is 17.2 Å². The number of carbonyl (C=O) groups excluding carboxylic acids is 1. The number of nitrogens with one attached hydrogen (secondary N) is 1. The second-order valence-corrected chi connectivity index (χ2v) is 7.22. The number of carbonyl (C=O) groups is 1. The van der Waals surface area contributed by atoms with Crippen molar-refractivity contribution in [2.45, 2.75) is 38.5 Å². The molecule has 0 bridgehead atoms. The first-order valence-corrected chi connectivity index (χ1v) is 10.3. The normalized spacial score (nSPS) is 13.3. The van der Waals surface area contributed by atoms with Crippen LogP contribution in [0.4, 0.5) is 0 Å². The van der Waals surface area contributed by atoms with Crippen molar-refractivity contribution in [1.82, 2.24) is 19.9 Å². The van der Waals surface area contributed by atoms with E-state index in [0.717, 1.165) is 11.0 Å². The van der Waals surface area contributed by atoms with Crippen molar-refractivity contribution in [3.05, 3.63) is 78.5 Å². The van der Waals surface area contributed by atoms with E-state index in [4.69, 9.17) is 4.74 Å². The maximum atomic E-state index is 12.5. The van der Waals surface area contributed by atoms with Crippen LogP contribution in [0.5, 0.6) is 11.6 Å². The molecule has 0 amide bonds. The number of rotatable bonds is 4. The lowest BCUT2D eigenvalue weighted by Gasteiger charge is -2.05. The van der Waals surface area contributed by atoms with Crippen LogP contribution in [0, 0.1) is 0 Å². The van der Waals surface area contributed by atoms with Crippen LogP contribution >= 0.6 is 0 Å². The van der Waals surface area contributed by atoms with E-state index in [2.05, 4.69) is 19.9 Å². The number of ketones is 1. The molecule has 1 fully saturated rings. The van der Waals surface area contributed by atoms with Crippen LogP contribution in [-0.2, 0) is 0 Å². The topological polar surface area (TPSA) is 80.8 Å². The largest absolute Gasteiger partial charge is 0.438 e. The third-order valence-electron chi connectivity index (χ3n) is 4.98. The van der Waals surface area contributed by atoms with Gasteiger partial charge in [0.2, 0.25) is 11.7 Å².